The predicted octanol–water partition coefficient (Wildman–Crippen LogP) is 4.07. The Kier molecular flexibility index (Phi) is 6.37. The number of hydrogen-bond donors (Lipinski definition) is 1. The number of rotatable bonds is 5. The van der Waals surface area contributed by atoms with E-state index in [1.165, 1.54) is 11.0 Å². The standard InChI is InChI=1S/C20H21ClN2O2/c1-14-5-4-6-18(15(14)2)22-19(24)13-23(3)20(25)12-9-16-7-10-17(21)11-8-16/h4-12H,13H2,1-3H3,(H,22,24)/b12-9+. The number of aryl methyl sites for hydroxylation is 1. The van der Waals surface area contributed by atoms with Gasteiger partial charge in [0.25, 0.3) is 0 Å². The van der Waals surface area contributed by atoms with Crippen LogP contribution in [0.2, 0.25) is 5.02 Å². The molecule has 2 aromatic rings. The van der Waals surface area contributed by atoms with Crippen LogP contribution in [0, 0.1) is 13.8 Å². The van der Waals surface area contributed by atoms with Gasteiger partial charge in [-0.1, -0.05) is 35.9 Å². The Morgan fingerprint density at radius 2 is 1.80 bits per heavy atom. The van der Waals surface area contributed by atoms with E-state index >= 15 is 0 Å². The first-order valence-electron chi connectivity index (χ1n) is 7.91. The molecule has 25 heavy (non-hydrogen) atoms. The fourth-order valence-electron chi connectivity index (χ4n) is 2.24. The minimum Gasteiger partial charge on any atom is -0.333 e. The van der Waals surface area contributed by atoms with Crippen LogP contribution in [0.25, 0.3) is 6.08 Å². The topological polar surface area (TPSA) is 49.4 Å². The van der Waals surface area contributed by atoms with Gasteiger partial charge < -0.3 is 10.2 Å². The summed E-state index contributed by atoms with van der Waals surface area (Å²) in [5.41, 5.74) is 3.76. The molecule has 0 saturated heterocycles. The van der Waals surface area contributed by atoms with E-state index in [1.54, 1.807) is 25.3 Å². The van der Waals surface area contributed by atoms with Gasteiger partial charge in [-0.2, -0.15) is 0 Å². The Balaban J connectivity index is 1.92. The zero-order chi connectivity index (χ0) is 18.4. The molecule has 5 heteroatoms. The van der Waals surface area contributed by atoms with Crippen molar-refractivity contribution in [3.8, 4) is 0 Å². The number of anilines is 1. The van der Waals surface area contributed by atoms with Gasteiger partial charge in [0.1, 0.15) is 0 Å². The molecular weight excluding hydrogens is 336 g/mol. The third kappa shape index (κ3) is 5.47. The molecule has 2 aromatic carbocycles. The van der Waals surface area contributed by atoms with Gasteiger partial charge in [0, 0.05) is 23.8 Å². The van der Waals surface area contributed by atoms with Crippen molar-refractivity contribution in [2.45, 2.75) is 13.8 Å². The van der Waals surface area contributed by atoms with Crippen LogP contribution in [0.3, 0.4) is 0 Å². The summed E-state index contributed by atoms with van der Waals surface area (Å²) in [6.45, 7) is 3.92. The SMILES string of the molecule is Cc1cccc(NC(=O)CN(C)C(=O)/C=C/c2ccc(Cl)cc2)c1C. The summed E-state index contributed by atoms with van der Waals surface area (Å²) in [7, 11) is 1.59. The highest BCUT2D eigenvalue weighted by molar-refractivity contribution is 6.30. The molecule has 1 N–H and O–H groups in total. The van der Waals surface area contributed by atoms with Crippen LogP contribution in [0.15, 0.2) is 48.5 Å². The van der Waals surface area contributed by atoms with E-state index in [2.05, 4.69) is 5.32 Å². The average Bonchev–Trinajstić information content (AvgIpc) is 2.58. The number of carbonyl (C=O) groups excluding carboxylic acids is 2. The Morgan fingerprint density at radius 1 is 1.12 bits per heavy atom. The van der Waals surface area contributed by atoms with E-state index in [0.29, 0.717) is 5.02 Å². The molecule has 0 radical (unpaired) electrons. The molecule has 0 aromatic heterocycles. The molecule has 4 nitrogen and oxygen atoms in total. The van der Waals surface area contributed by atoms with Crippen LogP contribution >= 0.6 is 11.6 Å². The first kappa shape index (κ1) is 18.7. The van der Waals surface area contributed by atoms with E-state index in [1.807, 2.05) is 44.2 Å². The van der Waals surface area contributed by atoms with Crippen molar-refractivity contribution in [1.29, 1.82) is 0 Å². The van der Waals surface area contributed by atoms with Crippen molar-refractivity contribution in [2.75, 3.05) is 18.9 Å². The molecule has 0 aliphatic rings. The molecule has 0 heterocycles. The number of nitrogens with zero attached hydrogens (tertiary/aromatic N) is 1. The smallest absolute Gasteiger partial charge is 0.246 e. The Morgan fingerprint density at radius 3 is 2.48 bits per heavy atom. The van der Waals surface area contributed by atoms with Crippen LogP contribution in [0.5, 0.6) is 0 Å². The fourth-order valence-corrected chi connectivity index (χ4v) is 2.36. The minimum absolute atomic E-state index is 0.0167. The lowest BCUT2D eigenvalue weighted by Gasteiger charge is -2.16. The molecule has 2 rings (SSSR count). The summed E-state index contributed by atoms with van der Waals surface area (Å²) in [6.07, 6.45) is 3.13. The summed E-state index contributed by atoms with van der Waals surface area (Å²) < 4.78 is 0. The van der Waals surface area contributed by atoms with E-state index in [4.69, 9.17) is 11.6 Å². The maximum Gasteiger partial charge on any atom is 0.246 e. The van der Waals surface area contributed by atoms with Gasteiger partial charge in [-0.05, 0) is 54.8 Å². The van der Waals surface area contributed by atoms with Crippen LogP contribution < -0.4 is 5.32 Å². The summed E-state index contributed by atoms with van der Waals surface area (Å²) in [6, 6.07) is 12.9. The molecule has 2 amide bonds. The highest BCUT2D eigenvalue weighted by Gasteiger charge is 2.12. The Labute approximate surface area is 153 Å². The third-order valence-corrected chi connectivity index (χ3v) is 4.18. The van der Waals surface area contributed by atoms with Crippen molar-refractivity contribution < 1.29 is 9.59 Å². The van der Waals surface area contributed by atoms with Crippen molar-refractivity contribution in [3.63, 3.8) is 0 Å². The number of likely N-dealkylation sites (N-methyl/N-ethyl adjacent to an activating group) is 1. The van der Waals surface area contributed by atoms with Gasteiger partial charge in [0.15, 0.2) is 0 Å². The van der Waals surface area contributed by atoms with E-state index < -0.39 is 0 Å². The zero-order valence-corrected chi connectivity index (χ0v) is 15.3. The van der Waals surface area contributed by atoms with Gasteiger partial charge in [-0.25, -0.2) is 0 Å². The molecule has 0 saturated carbocycles. The van der Waals surface area contributed by atoms with Crippen LogP contribution in [0.4, 0.5) is 5.69 Å². The van der Waals surface area contributed by atoms with Crippen molar-refractivity contribution in [3.05, 3.63) is 70.3 Å². The molecule has 0 aliphatic carbocycles. The van der Waals surface area contributed by atoms with Gasteiger partial charge in [0.05, 0.1) is 6.54 Å². The molecule has 0 unspecified atom stereocenters. The fraction of sp³-hybridized carbons (Fsp3) is 0.200. The van der Waals surface area contributed by atoms with E-state index in [0.717, 1.165) is 22.4 Å². The molecule has 0 atom stereocenters. The van der Waals surface area contributed by atoms with Gasteiger partial charge in [-0.3, -0.25) is 9.59 Å². The van der Waals surface area contributed by atoms with E-state index in [9.17, 15) is 9.59 Å². The average molecular weight is 357 g/mol. The monoisotopic (exact) mass is 356 g/mol. The first-order chi connectivity index (χ1) is 11.9. The Bertz CT molecular complexity index is 798. The summed E-state index contributed by atoms with van der Waals surface area (Å²) in [5, 5.41) is 3.49. The second-order valence-electron chi connectivity index (χ2n) is 5.87. The molecule has 0 fully saturated rings. The van der Waals surface area contributed by atoms with Gasteiger partial charge >= 0.3 is 0 Å². The number of hydrogen-bond acceptors (Lipinski definition) is 2. The third-order valence-electron chi connectivity index (χ3n) is 3.92. The number of carbonyl (C=O) groups is 2. The van der Waals surface area contributed by atoms with Crippen molar-refractivity contribution in [2.24, 2.45) is 0 Å². The molecule has 0 aliphatic heterocycles. The number of nitrogens with one attached hydrogen (secondary N) is 1. The summed E-state index contributed by atoms with van der Waals surface area (Å²) >= 11 is 5.83. The normalized spacial score (nSPS) is 10.7. The maximum atomic E-state index is 12.2. The minimum atomic E-state index is -0.244. The van der Waals surface area contributed by atoms with Crippen LogP contribution in [0.1, 0.15) is 16.7 Å². The molecule has 130 valence electrons. The van der Waals surface area contributed by atoms with Crippen LogP contribution in [-0.2, 0) is 9.59 Å². The predicted molar refractivity (Wildman–Crippen MR) is 103 cm³/mol. The summed E-state index contributed by atoms with van der Waals surface area (Å²) in [5.74, 6) is -0.476. The zero-order valence-electron chi connectivity index (χ0n) is 14.5. The van der Waals surface area contributed by atoms with Crippen molar-refractivity contribution in [1.82, 2.24) is 4.90 Å². The highest BCUT2D eigenvalue weighted by atomic mass is 35.5. The lowest BCUT2D eigenvalue weighted by Crippen LogP contribution is -2.34. The number of amides is 2. The van der Waals surface area contributed by atoms with Crippen LogP contribution in [-0.4, -0.2) is 30.3 Å². The number of benzene rings is 2. The lowest BCUT2D eigenvalue weighted by molar-refractivity contribution is -0.129. The number of halogens is 1. The Hall–Kier alpha value is -2.59. The van der Waals surface area contributed by atoms with E-state index in [-0.39, 0.29) is 18.4 Å². The van der Waals surface area contributed by atoms with Gasteiger partial charge in [-0.15, -0.1) is 0 Å². The van der Waals surface area contributed by atoms with Gasteiger partial charge in [0.2, 0.25) is 11.8 Å². The second kappa shape index (κ2) is 8.49. The highest BCUT2D eigenvalue weighted by Crippen LogP contribution is 2.17. The first-order valence-corrected chi connectivity index (χ1v) is 8.29. The maximum absolute atomic E-state index is 12.2. The largest absolute Gasteiger partial charge is 0.333 e. The van der Waals surface area contributed by atoms with Crippen molar-refractivity contribution >= 4 is 35.2 Å². The lowest BCUT2D eigenvalue weighted by atomic mass is 10.1. The molecule has 0 bridgehead atoms. The summed E-state index contributed by atoms with van der Waals surface area (Å²) in [4.78, 5) is 25.7. The quantitative estimate of drug-likeness (QED) is 0.821. The second-order valence-corrected chi connectivity index (χ2v) is 6.31. The molecule has 0 spiro atoms. The molecular formula is C20H21ClN2O2.